The summed E-state index contributed by atoms with van der Waals surface area (Å²) < 4.78 is 41.3. The highest BCUT2D eigenvalue weighted by Crippen LogP contribution is 2.29. The predicted octanol–water partition coefficient (Wildman–Crippen LogP) is -0.255. The van der Waals surface area contributed by atoms with Crippen molar-refractivity contribution in [2.45, 2.75) is 4.90 Å². The predicted molar refractivity (Wildman–Crippen MR) is 79.6 cm³/mol. The van der Waals surface area contributed by atoms with Crippen molar-refractivity contribution in [1.29, 1.82) is 0 Å². The molecule has 0 aromatic heterocycles. The first kappa shape index (κ1) is 18.2. The van der Waals surface area contributed by atoms with Crippen molar-refractivity contribution in [2.75, 3.05) is 41.0 Å². The van der Waals surface area contributed by atoms with Crippen LogP contribution in [0.25, 0.3) is 0 Å². The number of carbonyl (C=O) groups is 1. The van der Waals surface area contributed by atoms with E-state index in [1.165, 1.54) is 39.5 Å². The van der Waals surface area contributed by atoms with E-state index in [0.717, 1.165) is 0 Å². The molecule has 0 atom stereocenters. The van der Waals surface area contributed by atoms with Crippen LogP contribution in [0.4, 0.5) is 0 Å². The zero-order valence-electron chi connectivity index (χ0n) is 12.7. The molecule has 0 aliphatic rings. The molecule has 9 heteroatoms. The highest BCUT2D eigenvalue weighted by atomic mass is 32.2. The fraction of sp³-hybridized carbons (Fsp3) is 0.462. The number of sulfonamides is 1. The fourth-order valence-corrected chi connectivity index (χ4v) is 2.58. The summed E-state index contributed by atoms with van der Waals surface area (Å²) >= 11 is 0. The van der Waals surface area contributed by atoms with Gasteiger partial charge >= 0.3 is 0 Å². The van der Waals surface area contributed by atoms with Gasteiger partial charge in [0.05, 0.1) is 32.3 Å². The number of hydrogen-bond acceptors (Lipinski definition) is 6. The Morgan fingerprint density at radius 2 is 1.82 bits per heavy atom. The number of methoxy groups -OCH3 is 3. The van der Waals surface area contributed by atoms with Gasteiger partial charge in [0.25, 0.3) is 0 Å². The number of amides is 1. The first-order valence-corrected chi connectivity index (χ1v) is 7.90. The van der Waals surface area contributed by atoms with Crippen LogP contribution in [0.15, 0.2) is 23.1 Å². The Hall–Kier alpha value is -1.84. The molecule has 0 fully saturated rings. The third-order valence-electron chi connectivity index (χ3n) is 2.72. The van der Waals surface area contributed by atoms with Crippen LogP contribution in [0, 0.1) is 0 Å². The van der Waals surface area contributed by atoms with Crippen LogP contribution in [0.1, 0.15) is 0 Å². The average molecular weight is 332 g/mol. The highest BCUT2D eigenvalue weighted by Gasteiger charge is 2.18. The quantitative estimate of drug-likeness (QED) is 0.604. The van der Waals surface area contributed by atoms with Gasteiger partial charge in [0.2, 0.25) is 15.9 Å². The van der Waals surface area contributed by atoms with Gasteiger partial charge in [-0.1, -0.05) is 0 Å². The van der Waals surface area contributed by atoms with E-state index in [1.54, 1.807) is 0 Å². The van der Waals surface area contributed by atoms with Crippen molar-refractivity contribution in [2.24, 2.45) is 0 Å². The molecule has 0 unspecified atom stereocenters. The molecule has 0 aliphatic heterocycles. The Balaban J connectivity index is 2.72. The van der Waals surface area contributed by atoms with Gasteiger partial charge in [-0.3, -0.25) is 4.79 Å². The molecule has 22 heavy (non-hydrogen) atoms. The molecular weight excluding hydrogens is 312 g/mol. The molecule has 0 bridgehead atoms. The van der Waals surface area contributed by atoms with Crippen molar-refractivity contribution in [3.05, 3.63) is 18.2 Å². The smallest absolute Gasteiger partial charge is 0.241 e. The minimum atomic E-state index is -3.82. The standard InChI is InChI=1S/C13H20N2O6S/c1-19-7-6-14-13(16)9-15-22(17,18)10-4-5-11(20-2)12(8-10)21-3/h4-5,8,15H,6-7,9H2,1-3H3,(H,14,16). The van der Waals surface area contributed by atoms with Crippen LogP contribution in [-0.4, -0.2) is 55.4 Å². The van der Waals surface area contributed by atoms with Gasteiger partial charge in [0.1, 0.15) is 0 Å². The Morgan fingerprint density at radius 3 is 2.41 bits per heavy atom. The first-order chi connectivity index (χ1) is 10.4. The molecule has 2 N–H and O–H groups in total. The summed E-state index contributed by atoms with van der Waals surface area (Å²) in [5.74, 6) is 0.259. The summed E-state index contributed by atoms with van der Waals surface area (Å²) in [4.78, 5) is 11.5. The van der Waals surface area contributed by atoms with E-state index < -0.39 is 15.9 Å². The Kier molecular flexibility index (Phi) is 7.09. The fourth-order valence-electron chi connectivity index (χ4n) is 1.58. The van der Waals surface area contributed by atoms with Gasteiger partial charge in [-0.25, -0.2) is 13.1 Å². The molecule has 124 valence electrons. The van der Waals surface area contributed by atoms with Crippen LogP contribution in [0.3, 0.4) is 0 Å². The first-order valence-electron chi connectivity index (χ1n) is 6.42. The molecule has 8 nitrogen and oxygen atoms in total. The second-order valence-electron chi connectivity index (χ2n) is 4.18. The molecule has 0 spiro atoms. The van der Waals surface area contributed by atoms with E-state index in [1.807, 2.05) is 0 Å². The van der Waals surface area contributed by atoms with Crippen LogP contribution >= 0.6 is 0 Å². The molecule has 0 radical (unpaired) electrons. The van der Waals surface area contributed by atoms with E-state index >= 15 is 0 Å². The number of benzene rings is 1. The van der Waals surface area contributed by atoms with Gasteiger partial charge in [-0.05, 0) is 12.1 Å². The lowest BCUT2D eigenvalue weighted by Gasteiger charge is -2.11. The van der Waals surface area contributed by atoms with Crippen molar-refractivity contribution in [1.82, 2.24) is 10.0 Å². The zero-order chi connectivity index (χ0) is 16.6. The van der Waals surface area contributed by atoms with Crippen molar-refractivity contribution in [3.8, 4) is 11.5 Å². The maximum atomic E-state index is 12.1. The average Bonchev–Trinajstić information content (AvgIpc) is 2.52. The topological polar surface area (TPSA) is 103 Å². The summed E-state index contributed by atoms with van der Waals surface area (Å²) in [6, 6.07) is 4.17. The minimum Gasteiger partial charge on any atom is -0.493 e. The Labute approximate surface area is 129 Å². The summed E-state index contributed by atoms with van der Waals surface area (Å²) in [5.41, 5.74) is 0. The lowest BCUT2D eigenvalue weighted by Crippen LogP contribution is -2.38. The Morgan fingerprint density at radius 1 is 1.14 bits per heavy atom. The van der Waals surface area contributed by atoms with Crippen LogP contribution < -0.4 is 19.5 Å². The summed E-state index contributed by atoms with van der Waals surface area (Å²) in [5, 5.41) is 2.51. The molecule has 1 aromatic carbocycles. The molecule has 1 rings (SSSR count). The van der Waals surface area contributed by atoms with Gasteiger partial charge in [-0.15, -0.1) is 0 Å². The molecule has 0 saturated heterocycles. The zero-order valence-corrected chi connectivity index (χ0v) is 13.5. The maximum Gasteiger partial charge on any atom is 0.241 e. The van der Waals surface area contributed by atoms with Gasteiger partial charge < -0.3 is 19.5 Å². The number of hydrogen-bond donors (Lipinski definition) is 2. The second-order valence-corrected chi connectivity index (χ2v) is 5.95. The largest absolute Gasteiger partial charge is 0.493 e. The minimum absolute atomic E-state index is 0.0187. The third-order valence-corrected chi connectivity index (χ3v) is 4.12. The lowest BCUT2D eigenvalue weighted by atomic mass is 10.3. The summed E-state index contributed by atoms with van der Waals surface area (Å²) in [6.45, 7) is 0.308. The van der Waals surface area contributed by atoms with E-state index in [4.69, 9.17) is 14.2 Å². The van der Waals surface area contributed by atoms with Crippen molar-refractivity contribution < 1.29 is 27.4 Å². The monoisotopic (exact) mass is 332 g/mol. The van der Waals surface area contributed by atoms with E-state index in [-0.39, 0.29) is 17.2 Å². The SMILES string of the molecule is COCCNC(=O)CNS(=O)(=O)c1ccc(OC)c(OC)c1. The van der Waals surface area contributed by atoms with Crippen molar-refractivity contribution >= 4 is 15.9 Å². The molecular formula is C13H20N2O6S. The highest BCUT2D eigenvalue weighted by molar-refractivity contribution is 7.89. The van der Waals surface area contributed by atoms with E-state index in [0.29, 0.717) is 18.9 Å². The number of ether oxygens (including phenoxy) is 3. The van der Waals surface area contributed by atoms with Gasteiger partial charge in [0, 0.05) is 19.7 Å². The lowest BCUT2D eigenvalue weighted by molar-refractivity contribution is -0.120. The Bertz CT molecular complexity index is 603. The second kappa shape index (κ2) is 8.57. The molecule has 0 heterocycles. The van der Waals surface area contributed by atoms with Gasteiger partial charge in [-0.2, -0.15) is 0 Å². The number of rotatable bonds is 9. The van der Waals surface area contributed by atoms with Crippen LogP contribution in [0.2, 0.25) is 0 Å². The van der Waals surface area contributed by atoms with E-state index in [2.05, 4.69) is 10.0 Å². The van der Waals surface area contributed by atoms with Crippen LogP contribution in [-0.2, 0) is 19.6 Å². The maximum absolute atomic E-state index is 12.1. The normalized spacial score (nSPS) is 11.0. The molecule has 1 aromatic rings. The number of nitrogens with one attached hydrogen (secondary N) is 2. The molecule has 0 saturated carbocycles. The molecule has 0 aliphatic carbocycles. The van der Waals surface area contributed by atoms with E-state index in [9.17, 15) is 13.2 Å². The molecule has 1 amide bonds. The van der Waals surface area contributed by atoms with Gasteiger partial charge in [0.15, 0.2) is 11.5 Å². The summed E-state index contributed by atoms with van der Waals surface area (Å²) in [7, 11) is 0.545. The number of carbonyl (C=O) groups excluding carboxylic acids is 1. The van der Waals surface area contributed by atoms with Crippen LogP contribution in [0.5, 0.6) is 11.5 Å². The van der Waals surface area contributed by atoms with Crippen molar-refractivity contribution in [3.63, 3.8) is 0 Å². The third kappa shape index (κ3) is 5.17. The summed E-state index contributed by atoms with van der Waals surface area (Å²) in [6.07, 6.45) is 0.